The Hall–Kier alpha value is -3.19. The van der Waals surface area contributed by atoms with E-state index in [1.165, 1.54) is 6.07 Å². The molecule has 2 atom stereocenters. The van der Waals surface area contributed by atoms with Crippen LogP contribution in [0.15, 0.2) is 53.6 Å². The summed E-state index contributed by atoms with van der Waals surface area (Å²) in [6.07, 6.45) is 2.79. The number of rotatable bonds is 3. The van der Waals surface area contributed by atoms with Gasteiger partial charge in [0, 0.05) is 48.1 Å². The number of aromatic nitrogens is 2. The quantitative estimate of drug-likeness (QED) is 0.725. The SMILES string of the molecule is Cc1cc(C(=O)N2CC[C@@H](Oc3ccc4ccncc4c3)[C@H](O)C2)cc(=O)[nH]1. The van der Waals surface area contributed by atoms with Gasteiger partial charge in [0.1, 0.15) is 18.0 Å². The number of amides is 1. The second kappa shape index (κ2) is 7.44. The van der Waals surface area contributed by atoms with Gasteiger partial charge in [-0.05, 0) is 36.6 Å². The topological polar surface area (TPSA) is 95.5 Å². The molecule has 3 aromatic rings. The highest BCUT2D eigenvalue weighted by atomic mass is 16.5. The molecule has 2 aromatic heterocycles. The van der Waals surface area contributed by atoms with Crippen LogP contribution in [0.3, 0.4) is 0 Å². The summed E-state index contributed by atoms with van der Waals surface area (Å²) in [5.74, 6) is 0.401. The van der Waals surface area contributed by atoms with Crippen LogP contribution in [-0.2, 0) is 0 Å². The summed E-state index contributed by atoms with van der Waals surface area (Å²) in [7, 11) is 0. The summed E-state index contributed by atoms with van der Waals surface area (Å²) in [6.45, 7) is 2.33. The van der Waals surface area contributed by atoms with Crippen LogP contribution >= 0.6 is 0 Å². The molecule has 2 N–H and O–H groups in total. The first-order chi connectivity index (χ1) is 13.5. The van der Waals surface area contributed by atoms with Crippen molar-refractivity contribution in [1.82, 2.24) is 14.9 Å². The van der Waals surface area contributed by atoms with Gasteiger partial charge in [0.15, 0.2) is 0 Å². The largest absolute Gasteiger partial charge is 0.488 e. The molecule has 0 saturated carbocycles. The standard InChI is InChI=1S/C21H21N3O4/c1-13-8-15(10-20(26)23-13)21(27)24-7-5-19(18(25)12-24)28-17-3-2-14-4-6-22-11-16(14)9-17/h2-4,6,8-11,18-19,25H,5,7,12H2,1H3,(H,23,26)/t18-,19-/m1/s1. The second-order valence-electron chi connectivity index (χ2n) is 7.06. The highest BCUT2D eigenvalue weighted by Gasteiger charge is 2.32. The fourth-order valence-corrected chi connectivity index (χ4v) is 3.53. The van der Waals surface area contributed by atoms with Crippen LogP contribution in [0.4, 0.5) is 0 Å². The van der Waals surface area contributed by atoms with Gasteiger partial charge in [-0.25, -0.2) is 0 Å². The van der Waals surface area contributed by atoms with Crippen LogP contribution in [-0.4, -0.2) is 51.2 Å². The molecule has 1 amide bonds. The van der Waals surface area contributed by atoms with E-state index in [0.29, 0.717) is 30.0 Å². The van der Waals surface area contributed by atoms with Gasteiger partial charge in [-0.3, -0.25) is 14.6 Å². The third-order valence-corrected chi connectivity index (χ3v) is 4.93. The number of piperidine rings is 1. The molecule has 3 heterocycles. The Kier molecular flexibility index (Phi) is 4.83. The number of aliphatic hydroxyl groups excluding tert-OH is 1. The number of pyridine rings is 2. The lowest BCUT2D eigenvalue weighted by Gasteiger charge is -2.36. The minimum Gasteiger partial charge on any atom is -0.488 e. The van der Waals surface area contributed by atoms with Crippen molar-refractivity contribution in [1.29, 1.82) is 0 Å². The number of β-amino-alcohol motifs (C(OH)–C–C–N with tert-alkyl or cyclic N) is 1. The number of hydrogen-bond donors (Lipinski definition) is 2. The van der Waals surface area contributed by atoms with Crippen LogP contribution in [0.5, 0.6) is 5.75 Å². The van der Waals surface area contributed by atoms with E-state index in [1.54, 1.807) is 30.3 Å². The second-order valence-corrected chi connectivity index (χ2v) is 7.06. The maximum Gasteiger partial charge on any atom is 0.254 e. The highest BCUT2D eigenvalue weighted by Crippen LogP contribution is 2.24. The molecule has 28 heavy (non-hydrogen) atoms. The fraction of sp³-hybridized carbons (Fsp3) is 0.286. The van der Waals surface area contributed by atoms with Gasteiger partial charge in [-0.1, -0.05) is 6.07 Å². The van der Waals surface area contributed by atoms with Gasteiger partial charge >= 0.3 is 0 Å². The molecule has 1 aliphatic heterocycles. The van der Waals surface area contributed by atoms with Crippen molar-refractivity contribution in [3.63, 3.8) is 0 Å². The molecule has 7 heteroatoms. The number of aryl methyl sites for hydroxylation is 1. The minimum absolute atomic E-state index is 0.157. The maximum atomic E-state index is 12.7. The minimum atomic E-state index is -0.814. The number of H-pyrrole nitrogens is 1. The Bertz CT molecular complexity index is 1080. The van der Waals surface area contributed by atoms with Gasteiger partial charge < -0.3 is 19.7 Å². The molecule has 1 aromatic carbocycles. The van der Waals surface area contributed by atoms with Crippen molar-refractivity contribution in [2.24, 2.45) is 0 Å². The maximum absolute atomic E-state index is 12.7. The van der Waals surface area contributed by atoms with Gasteiger partial charge in [-0.15, -0.1) is 0 Å². The average molecular weight is 379 g/mol. The summed E-state index contributed by atoms with van der Waals surface area (Å²) < 4.78 is 5.98. The Morgan fingerprint density at radius 3 is 2.89 bits per heavy atom. The Balaban J connectivity index is 1.44. The summed E-state index contributed by atoms with van der Waals surface area (Å²) in [6, 6.07) is 10.6. The molecule has 1 aliphatic rings. The number of likely N-dealkylation sites (tertiary alicyclic amines) is 1. The first kappa shape index (κ1) is 18.2. The number of nitrogens with one attached hydrogen (secondary N) is 1. The number of benzene rings is 1. The zero-order valence-corrected chi connectivity index (χ0v) is 15.5. The number of ether oxygens (including phenoxy) is 1. The predicted molar refractivity (Wildman–Crippen MR) is 104 cm³/mol. The number of nitrogens with zero attached hydrogens (tertiary/aromatic N) is 2. The van der Waals surface area contributed by atoms with Crippen molar-refractivity contribution in [3.05, 3.63) is 70.4 Å². The molecule has 7 nitrogen and oxygen atoms in total. The summed E-state index contributed by atoms with van der Waals surface area (Å²) in [5.41, 5.74) is 0.642. The number of aromatic amines is 1. The normalized spacial score (nSPS) is 19.6. The lowest BCUT2D eigenvalue weighted by molar-refractivity contribution is -0.0198. The van der Waals surface area contributed by atoms with Gasteiger partial charge in [0.2, 0.25) is 5.56 Å². The lowest BCUT2D eigenvalue weighted by Crippen LogP contribution is -2.51. The van der Waals surface area contributed by atoms with Gasteiger partial charge in [0.05, 0.1) is 6.54 Å². The fourth-order valence-electron chi connectivity index (χ4n) is 3.53. The van der Waals surface area contributed by atoms with E-state index in [4.69, 9.17) is 4.74 Å². The summed E-state index contributed by atoms with van der Waals surface area (Å²) in [4.78, 5) is 32.6. The molecular weight excluding hydrogens is 358 g/mol. The molecule has 0 bridgehead atoms. The van der Waals surface area contributed by atoms with Crippen LogP contribution in [0, 0.1) is 6.92 Å². The van der Waals surface area contributed by atoms with Gasteiger partial charge in [0.25, 0.3) is 5.91 Å². The van der Waals surface area contributed by atoms with Crippen molar-refractivity contribution >= 4 is 16.7 Å². The number of hydrogen-bond acceptors (Lipinski definition) is 5. The molecule has 1 saturated heterocycles. The number of carbonyl (C=O) groups is 1. The predicted octanol–water partition coefficient (Wildman–Crippen LogP) is 1.89. The zero-order valence-electron chi connectivity index (χ0n) is 15.5. The van der Waals surface area contributed by atoms with Crippen molar-refractivity contribution in [2.45, 2.75) is 25.6 Å². The highest BCUT2D eigenvalue weighted by molar-refractivity contribution is 5.94. The average Bonchev–Trinajstić information content (AvgIpc) is 2.68. The Labute approximate surface area is 161 Å². The van der Waals surface area contributed by atoms with Crippen LogP contribution in [0.1, 0.15) is 22.5 Å². The first-order valence-corrected chi connectivity index (χ1v) is 9.18. The third kappa shape index (κ3) is 3.75. The Morgan fingerprint density at radius 2 is 2.11 bits per heavy atom. The summed E-state index contributed by atoms with van der Waals surface area (Å²) >= 11 is 0. The van der Waals surface area contributed by atoms with E-state index in [2.05, 4.69) is 9.97 Å². The van der Waals surface area contributed by atoms with Crippen molar-refractivity contribution < 1.29 is 14.6 Å². The number of aliphatic hydroxyl groups is 1. The van der Waals surface area contributed by atoms with E-state index in [1.807, 2.05) is 24.3 Å². The summed E-state index contributed by atoms with van der Waals surface area (Å²) in [5, 5.41) is 12.6. The molecule has 0 aliphatic carbocycles. The van der Waals surface area contributed by atoms with Crippen LogP contribution in [0.25, 0.3) is 10.8 Å². The number of fused-ring (bicyclic) bond motifs is 1. The third-order valence-electron chi connectivity index (χ3n) is 4.93. The zero-order chi connectivity index (χ0) is 19.7. The molecule has 0 radical (unpaired) electrons. The van der Waals surface area contributed by atoms with E-state index in [0.717, 1.165) is 10.8 Å². The van der Waals surface area contributed by atoms with Gasteiger partial charge in [-0.2, -0.15) is 0 Å². The number of carbonyl (C=O) groups excluding carboxylic acids is 1. The van der Waals surface area contributed by atoms with Crippen molar-refractivity contribution in [3.8, 4) is 5.75 Å². The molecule has 1 fully saturated rings. The Morgan fingerprint density at radius 1 is 1.25 bits per heavy atom. The monoisotopic (exact) mass is 379 g/mol. The van der Waals surface area contributed by atoms with E-state index >= 15 is 0 Å². The van der Waals surface area contributed by atoms with E-state index < -0.39 is 12.2 Å². The van der Waals surface area contributed by atoms with Crippen molar-refractivity contribution in [2.75, 3.05) is 13.1 Å². The molecular formula is C21H21N3O4. The van der Waals surface area contributed by atoms with Crippen LogP contribution < -0.4 is 10.3 Å². The van der Waals surface area contributed by atoms with E-state index in [9.17, 15) is 14.7 Å². The van der Waals surface area contributed by atoms with E-state index in [-0.39, 0.29) is 18.0 Å². The van der Waals surface area contributed by atoms with Crippen LogP contribution in [0.2, 0.25) is 0 Å². The lowest BCUT2D eigenvalue weighted by atomic mass is 10.0. The molecule has 4 rings (SSSR count). The molecule has 0 unspecified atom stereocenters. The first-order valence-electron chi connectivity index (χ1n) is 9.18. The smallest absolute Gasteiger partial charge is 0.254 e. The molecule has 0 spiro atoms. The molecule has 144 valence electrons.